The topological polar surface area (TPSA) is 106 Å². The Morgan fingerprint density at radius 1 is 0.552 bits per heavy atom. The molecule has 0 amide bonds. The van der Waals surface area contributed by atoms with Gasteiger partial charge in [0.1, 0.15) is 0 Å². The molecule has 2 fully saturated rings. The molecule has 0 saturated carbocycles. The Morgan fingerprint density at radius 2 is 0.925 bits per heavy atom. The van der Waals surface area contributed by atoms with Crippen molar-refractivity contribution < 1.29 is 28.7 Å². The molecule has 364 valence electrons. The molecule has 67 heavy (non-hydrogen) atoms. The van der Waals surface area contributed by atoms with E-state index in [1.165, 1.54) is 11.1 Å². The lowest BCUT2D eigenvalue weighted by Gasteiger charge is -2.39. The van der Waals surface area contributed by atoms with Gasteiger partial charge in [-0.25, -0.2) is 0 Å². The summed E-state index contributed by atoms with van der Waals surface area (Å²) in [5, 5.41) is 0. The van der Waals surface area contributed by atoms with Gasteiger partial charge in [0.2, 0.25) is 0 Å². The predicted molar refractivity (Wildman–Crippen MR) is 270 cm³/mol. The third-order valence-electron chi connectivity index (χ3n) is 14.8. The van der Waals surface area contributed by atoms with Crippen molar-refractivity contribution in [3.63, 3.8) is 0 Å². The van der Waals surface area contributed by atoms with E-state index in [0.29, 0.717) is 32.4 Å². The fraction of sp³-hybridized carbons (Fsp3) is 0.564. The van der Waals surface area contributed by atoms with Gasteiger partial charge in [-0.3, -0.25) is 38.8 Å². The Bertz CT molecular complexity index is 1930. The van der Waals surface area contributed by atoms with Crippen LogP contribution in [-0.2, 0) is 19.1 Å². The number of piperazine rings is 2. The predicted octanol–water partition coefficient (Wildman–Crippen LogP) is 8.01. The van der Waals surface area contributed by atoms with E-state index in [-0.39, 0.29) is 36.7 Å². The number of hydrogen-bond acceptors (Lipinski definition) is 12. The van der Waals surface area contributed by atoms with Gasteiger partial charge in [0, 0.05) is 94.4 Å². The molecule has 2 aliphatic carbocycles. The minimum Gasteiger partial charge on any atom is -0.466 e. The van der Waals surface area contributed by atoms with Gasteiger partial charge in [0.15, 0.2) is 11.6 Å². The number of ketones is 2. The third-order valence-corrected chi connectivity index (χ3v) is 14.8. The van der Waals surface area contributed by atoms with Gasteiger partial charge < -0.3 is 19.3 Å². The molecular formula is C55H78N6O6. The summed E-state index contributed by atoms with van der Waals surface area (Å²) in [5.74, 6) is -0.128. The van der Waals surface area contributed by atoms with E-state index in [2.05, 4.69) is 104 Å². The van der Waals surface area contributed by atoms with Crippen molar-refractivity contribution >= 4 is 34.9 Å². The number of anilines is 2. The molecule has 2 heterocycles. The molecule has 0 spiro atoms. The van der Waals surface area contributed by atoms with Crippen LogP contribution in [0, 0.1) is 0 Å². The monoisotopic (exact) mass is 919 g/mol. The molecule has 2 saturated heterocycles. The molecule has 2 unspecified atom stereocenters. The van der Waals surface area contributed by atoms with E-state index in [1.54, 1.807) is 0 Å². The highest BCUT2D eigenvalue weighted by Gasteiger charge is 2.41. The SMILES string of the molecule is CCC(CC1=CC=CCC1)(C(=O)c1ccc(N2CCN(CCC(=O)OCCCOC(=O)CCN3CCN(c4ccc(C(=O)C(CC)(CC5=CC=CCC5)N(C)C)cc4)CC3)CC2)cc1)N(C)C. The molecule has 12 heteroatoms. The second-order valence-corrected chi connectivity index (χ2v) is 19.2. The summed E-state index contributed by atoms with van der Waals surface area (Å²) in [6.07, 6.45) is 21.1. The standard InChI is InChI=1S/C55H78N6O6/c1-7-54(56(3)4,42-44-16-11-9-12-17-44)52(64)46-20-24-48(25-21-46)60-36-32-58(33-37-60)30-28-50(62)66-40-15-41-67-51(63)29-31-59-34-38-61(39-35-59)49-26-22-47(23-27-49)53(65)55(8-2,57(5)6)43-45-18-13-10-14-19-45/h9-11,13,16,18,20-27H,7-8,12,14-15,17,19,28-43H2,1-6H3. The average molecular weight is 919 g/mol. The van der Waals surface area contributed by atoms with Crippen LogP contribution in [0.2, 0.25) is 0 Å². The first kappa shape index (κ1) is 51.5. The van der Waals surface area contributed by atoms with E-state index < -0.39 is 11.1 Å². The summed E-state index contributed by atoms with van der Waals surface area (Å²) in [6.45, 7) is 12.7. The smallest absolute Gasteiger partial charge is 0.307 e. The van der Waals surface area contributed by atoms with E-state index in [9.17, 15) is 19.2 Å². The number of carbonyl (C=O) groups excluding carboxylic acids is 4. The number of rotatable bonds is 24. The minimum absolute atomic E-state index is 0.174. The minimum atomic E-state index is -0.569. The van der Waals surface area contributed by atoms with Crippen LogP contribution in [-0.4, -0.2) is 161 Å². The number of esters is 2. The Balaban J connectivity index is 0.816. The van der Waals surface area contributed by atoms with Crippen molar-refractivity contribution in [3.8, 4) is 0 Å². The molecule has 0 N–H and O–H groups in total. The molecule has 4 aliphatic rings. The van der Waals surface area contributed by atoms with Crippen LogP contribution < -0.4 is 9.80 Å². The first-order chi connectivity index (χ1) is 32.4. The number of Topliss-reactive ketones (excluding diaryl/α,β-unsaturated/α-hetero) is 2. The van der Waals surface area contributed by atoms with Gasteiger partial charge >= 0.3 is 11.9 Å². The zero-order valence-corrected chi connectivity index (χ0v) is 41.5. The zero-order valence-electron chi connectivity index (χ0n) is 41.5. The van der Waals surface area contributed by atoms with Gasteiger partial charge in [0.25, 0.3) is 0 Å². The maximum atomic E-state index is 14.0. The van der Waals surface area contributed by atoms with Gasteiger partial charge in [0.05, 0.1) is 37.1 Å². The van der Waals surface area contributed by atoms with Crippen molar-refractivity contribution in [2.75, 3.05) is 117 Å². The molecule has 0 aromatic heterocycles. The van der Waals surface area contributed by atoms with Crippen LogP contribution in [0.15, 0.2) is 96.1 Å². The Kier molecular flexibility index (Phi) is 19.2. The largest absolute Gasteiger partial charge is 0.466 e. The Hall–Kier alpha value is -4.88. The number of allylic oxidation sites excluding steroid dienone is 6. The van der Waals surface area contributed by atoms with Gasteiger partial charge in [-0.15, -0.1) is 0 Å². The Labute approximate surface area is 401 Å². The average Bonchev–Trinajstić information content (AvgIpc) is 3.36. The zero-order chi connectivity index (χ0) is 47.8. The summed E-state index contributed by atoms with van der Waals surface area (Å²) < 4.78 is 10.9. The number of ether oxygens (including phenoxy) is 2. The van der Waals surface area contributed by atoms with Gasteiger partial charge in [-0.2, -0.15) is 0 Å². The number of likely N-dealkylation sites (N-methyl/N-ethyl adjacent to an activating group) is 2. The molecule has 12 nitrogen and oxygen atoms in total. The fourth-order valence-electron chi connectivity index (χ4n) is 10.2. The lowest BCUT2D eigenvalue weighted by Crippen LogP contribution is -2.51. The highest BCUT2D eigenvalue weighted by atomic mass is 16.5. The van der Waals surface area contributed by atoms with Crippen LogP contribution in [0.3, 0.4) is 0 Å². The summed E-state index contributed by atoms with van der Waals surface area (Å²) in [7, 11) is 8.07. The summed E-state index contributed by atoms with van der Waals surface area (Å²) >= 11 is 0. The molecule has 0 radical (unpaired) electrons. The lowest BCUT2D eigenvalue weighted by atomic mass is 9.78. The molecule has 0 bridgehead atoms. The number of hydrogen-bond donors (Lipinski definition) is 0. The molecular weight excluding hydrogens is 841 g/mol. The summed E-state index contributed by atoms with van der Waals surface area (Å²) in [5.41, 5.74) is 5.23. The summed E-state index contributed by atoms with van der Waals surface area (Å²) in [4.78, 5) is 66.6. The van der Waals surface area contributed by atoms with Crippen molar-refractivity contribution in [1.29, 1.82) is 0 Å². The molecule has 2 atom stereocenters. The number of benzene rings is 2. The molecule has 2 aromatic carbocycles. The van der Waals surface area contributed by atoms with Gasteiger partial charge in [-0.05, 0) is 128 Å². The first-order valence-electron chi connectivity index (χ1n) is 25.0. The third kappa shape index (κ3) is 13.6. The van der Waals surface area contributed by atoms with Crippen LogP contribution in [0.4, 0.5) is 11.4 Å². The number of carbonyl (C=O) groups is 4. The highest BCUT2D eigenvalue weighted by Crippen LogP contribution is 2.35. The summed E-state index contributed by atoms with van der Waals surface area (Å²) in [6, 6.07) is 16.2. The number of nitrogens with zero attached hydrogens (tertiary/aromatic N) is 6. The van der Waals surface area contributed by atoms with E-state index >= 15 is 0 Å². The maximum Gasteiger partial charge on any atom is 0.307 e. The molecule has 2 aliphatic heterocycles. The lowest BCUT2D eigenvalue weighted by molar-refractivity contribution is -0.146. The van der Waals surface area contributed by atoms with Crippen LogP contribution >= 0.6 is 0 Å². The second-order valence-electron chi connectivity index (χ2n) is 19.2. The molecule has 6 rings (SSSR count). The van der Waals surface area contributed by atoms with Crippen LogP contribution in [0.1, 0.15) is 105 Å². The van der Waals surface area contributed by atoms with E-state index in [0.717, 1.165) is 126 Å². The van der Waals surface area contributed by atoms with Crippen molar-refractivity contribution in [3.05, 3.63) is 107 Å². The van der Waals surface area contributed by atoms with Crippen LogP contribution in [0.5, 0.6) is 0 Å². The first-order valence-corrected chi connectivity index (χ1v) is 25.0. The second kappa shape index (κ2) is 24.9. The van der Waals surface area contributed by atoms with Gasteiger partial charge in [-0.1, -0.05) is 61.4 Å². The Morgan fingerprint density at radius 3 is 1.24 bits per heavy atom. The van der Waals surface area contributed by atoms with E-state index in [4.69, 9.17) is 9.47 Å². The van der Waals surface area contributed by atoms with E-state index in [1.807, 2.05) is 52.5 Å². The van der Waals surface area contributed by atoms with Crippen molar-refractivity contribution in [2.24, 2.45) is 0 Å². The normalized spacial score (nSPS) is 18.9. The quantitative estimate of drug-likeness (QED) is 0.0579. The fourth-order valence-corrected chi connectivity index (χ4v) is 10.2. The maximum absolute atomic E-state index is 14.0. The van der Waals surface area contributed by atoms with Crippen molar-refractivity contribution in [2.45, 2.75) is 95.6 Å². The highest BCUT2D eigenvalue weighted by molar-refractivity contribution is 6.04. The van der Waals surface area contributed by atoms with Crippen LogP contribution in [0.25, 0.3) is 0 Å². The van der Waals surface area contributed by atoms with Crippen molar-refractivity contribution in [1.82, 2.24) is 19.6 Å². The molecule has 2 aromatic rings.